The highest BCUT2D eigenvalue weighted by Crippen LogP contribution is 2.33. The van der Waals surface area contributed by atoms with E-state index in [2.05, 4.69) is 15.6 Å². The van der Waals surface area contributed by atoms with Crippen LogP contribution in [0, 0.1) is 0 Å². The first-order valence-corrected chi connectivity index (χ1v) is 9.96. The van der Waals surface area contributed by atoms with Gasteiger partial charge in [-0.05, 0) is 37.6 Å². The molecule has 170 valence electrons. The molecule has 0 atom stereocenters. The normalized spacial score (nSPS) is 11.3. The number of methoxy groups -OCH3 is 1. The van der Waals surface area contributed by atoms with Gasteiger partial charge in [0.2, 0.25) is 0 Å². The minimum absolute atomic E-state index is 0.0125. The fourth-order valence-corrected chi connectivity index (χ4v) is 2.87. The second-order valence-electron chi connectivity index (χ2n) is 6.25. The maximum Gasteiger partial charge on any atom is 0.387 e. The van der Waals surface area contributed by atoms with Gasteiger partial charge in [-0.2, -0.15) is 8.78 Å². The van der Waals surface area contributed by atoms with Crippen LogP contribution in [0.15, 0.2) is 41.4 Å². The number of guanidine groups is 1. The Labute approximate surface area is 181 Å². The molecule has 0 radical (unpaired) electrons. The SMILES string of the molecule is CCOc1ccc(CNC(=NC)NCc2cccc(OCC)c2OC(F)F)cc1OC. The fraction of sp³-hybridized carbons (Fsp3) is 0.409. The summed E-state index contributed by atoms with van der Waals surface area (Å²) in [5.74, 6) is 2.10. The lowest BCUT2D eigenvalue weighted by Crippen LogP contribution is -2.36. The van der Waals surface area contributed by atoms with E-state index in [1.807, 2.05) is 25.1 Å². The van der Waals surface area contributed by atoms with Crippen LogP contribution < -0.4 is 29.6 Å². The molecule has 0 aliphatic carbocycles. The molecule has 0 spiro atoms. The molecule has 0 aliphatic rings. The Balaban J connectivity index is 2.04. The molecule has 31 heavy (non-hydrogen) atoms. The van der Waals surface area contributed by atoms with E-state index in [4.69, 9.17) is 18.9 Å². The molecule has 0 heterocycles. The van der Waals surface area contributed by atoms with Gasteiger partial charge < -0.3 is 29.6 Å². The van der Waals surface area contributed by atoms with E-state index in [-0.39, 0.29) is 18.0 Å². The van der Waals surface area contributed by atoms with Crippen molar-refractivity contribution in [3.8, 4) is 23.0 Å². The van der Waals surface area contributed by atoms with E-state index >= 15 is 0 Å². The first-order valence-electron chi connectivity index (χ1n) is 9.96. The molecule has 0 bridgehead atoms. The number of ether oxygens (including phenoxy) is 4. The monoisotopic (exact) mass is 437 g/mol. The minimum Gasteiger partial charge on any atom is -0.493 e. The first kappa shape index (κ1) is 24.0. The lowest BCUT2D eigenvalue weighted by Gasteiger charge is -2.17. The van der Waals surface area contributed by atoms with Gasteiger partial charge in [0, 0.05) is 25.7 Å². The molecular formula is C22H29F2N3O4. The van der Waals surface area contributed by atoms with Crippen LogP contribution in [0.1, 0.15) is 25.0 Å². The van der Waals surface area contributed by atoms with E-state index < -0.39 is 6.61 Å². The van der Waals surface area contributed by atoms with Gasteiger partial charge in [-0.3, -0.25) is 4.99 Å². The number of rotatable bonds is 11. The van der Waals surface area contributed by atoms with Crippen LogP contribution in [0.3, 0.4) is 0 Å². The third-order valence-corrected chi connectivity index (χ3v) is 4.22. The zero-order chi connectivity index (χ0) is 22.6. The van der Waals surface area contributed by atoms with Crippen LogP contribution in [0.2, 0.25) is 0 Å². The molecule has 0 unspecified atom stereocenters. The number of para-hydroxylation sites is 1. The Kier molecular flexibility index (Phi) is 9.67. The van der Waals surface area contributed by atoms with Gasteiger partial charge >= 0.3 is 6.61 Å². The summed E-state index contributed by atoms with van der Waals surface area (Å²) in [7, 11) is 3.21. The maximum atomic E-state index is 12.9. The number of hydrogen-bond donors (Lipinski definition) is 2. The number of aliphatic imine (C=N–C) groups is 1. The van der Waals surface area contributed by atoms with Crippen molar-refractivity contribution in [2.24, 2.45) is 4.99 Å². The van der Waals surface area contributed by atoms with Crippen molar-refractivity contribution in [2.45, 2.75) is 33.5 Å². The minimum atomic E-state index is -2.95. The standard InChI is InChI=1S/C22H29F2N3O4/c1-5-29-17-11-10-15(12-19(17)28-4)13-26-22(25-3)27-14-16-8-7-9-18(30-6-2)20(16)31-21(23)24/h7-12,21H,5-6,13-14H2,1-4H3,(H2,25,26,27). The highest BCUT2D eigenvalue weighted by atomic mass is 19.3. The van der Waals surface area contributed by atoms with Gasteiger partial charge in [-0.1, -0.05) is 18.2 Å². The van der Waals surface area contributed by atoms with Crippen molar-refractivity contribution >= 4 is 5.96 Å². The van der Waals surface area contributed by atoms with Crippen molar-refractivity contribution in [1.82, 2.24) is 10.6 Å². The van der Waals surface area contributed by atoms with E-state index in [9.17, 15) is 8.78 Å². The second-order valence-corrected chi connectivity index (χ2v) is 6.25. The lowest BCUT2D eigenvalue weighted by molar-refractivity contribution is -0.0520. The summed E-state index contributed by atoms with van der Waals surface area (Å²) in [4.78, 5) is 4.18. The molecule has 0 aliphatic heterocycles. The molecule has 0 saturated carbocycles. The quantitative estimate of drug-likeness (QED) is 0.410. The highest BCUT2D eigenvalue weighted by Gasteiger charge is 2.16. The Morgan fingerprint density at radius 1 is 0.968 bits per heavy atom. The Bertz CT molecular complexity index is 863. The zero-order valence-electron chi connectivity index (χ0n) is 18.2. The third-order valence-electron chi connectivity index (χ3n) is 4.22. The van der Waals surface area contributed by atoms with Crippen molar-refractivity contribution in [3.05, 3.63) is 47.5 Å². The van der Waals surface area contributed by atoms with Crippen LogP contribution in [-0.4, -0.2) is 39.9 Å². The van der Waals surface area contributed by atoms with E-state index in [0.717, 1.165) is 5.56 Å². The number of benzene rings is 2. The summed E-state index contributed by atoms with van der Waals surface area (Å²) in [5.41, 5.74) is 1.49. The smallest absolute Gasteiger partial charge is 0.387 e. The summed E-state index contributed by atoms with van der Waals surface area (Å²) in [6.07, 6.45) is 0. The van der Waals surface area contributed by atoms with Crippen molar-refractivity contribution < 1.29 is 27.7 Å². The summed E-state index contributed by atoms with van der Waals surface area (Å²) < 4.78 is 46.8. The number of halogens is 2. The van der Waals surface area contributed by atoms with Gasteiger partial charge in [-0.25, -0.2) is 0 Å². The number of nitrogens with zero attached hydrogens (tertiary/aromatic N) is 1. The van der Waals surface area contributed by atoms with Crippen LogP contribution in [-0.2, 0) is 13.1 Å². The van der Waals surface area contributed by atoms with Crippen molar-refractivity contribution in [3.63, 3.8) is 0 Å². The van der Waals surface area contributed by atoms with Crippen molar-refractivity contribution in [1.29, 1.82) is 0 Å². The van der Waals surface area contributed by atoms with Gasteiger partial charge in [0.05, 0.1) is 20.3 Å². The van der Waals surface area contributed by atoms with Crippen LogP contribution in [0.5, 0.6) is 23.0 Å². The summed E-state index contributed by atoms with van der Waals surface area (Å²) in [6, 6.07) is 10.7. The van der Waals surface area contributed by atoms with Crippen LogP contribution >= 0.6 is 0 Å². The van der Waals surface area contributed by atoms with Gasteiger partial charge in [0.15, 0.2) is 29.0 Å². The zero-order valence-corrected chi connectivity index (χ0v) is 18.2. The molecule has 2 N–H and O–H groups in total. The van der Waals surface area contributed by atoms with Crippen LogP contribution in [0.4, 0.5) is 8.78 Å². The largest absolute Gasteiger partial charge is 0.493 e. The number of nitrogens with one attached hydrogen (secondary N) is 2. The van der Waals surface area contributed by atoms with E-state index in [0.29, 0.717) is 42.8 Å². The Morgan fingerprint density at radius 3 is 2.32 bits per heavy atom. The van der Waals surface area contributed by atoms with E-state index in [1.54, 1.807) is 39.3 Å². The molecule has 0 fully saturated rings. The predicted octanol–water partition coefficient (Wildman–Crippen LogP) is 3.96. The average Bonchev–Trinajstić information content (AvgIpc) is 2.76. The van der Waals surface area contributed by atoms with Crippen LogP contribution in [0.25, 0.3) is 0 Å². The summed E-state index contributed by atoms with van der Waals surface area (Å²) in [6.45, 7) is 2.31. The Morgan fingerprint density at radius 2 is 1.68 bits per heavy atom. The number of alkyl halides is 2. The average molecular weight is 437 g/mol. The Hall–Kier alpha value is -3.23. The maximum absolute atomic E-state index is 12.9. The van der Waals surface area contributed by atoms with Gasteiger partial charge in [0.25, 0.3) is 0 Å². The molecule has 2 rings (SSSR count). The summed E-state index contributed by atoms with van der Waals surface area (Å²) >= 11 is 0. The molecule has 0 saturated heterocycles. The molecule has 0 amide bonds. The lowest BCUT2D eigenvalue weighted by atomic mass is 10.2. The topological polar surface area (TPSA) is 73.3 Å². The van der Waals surface area contributed by atoms with Gasteiger partial charge in [-0.15, -0.1) is 0 Å². The van der Waals surface area contributed by atoms with Gasteiger partial charge in [0.1, 0.15) is 0 Å². The molecule has 7 nitrogen and oxygen atoms in total. The van der Waals surface area contributed by atoms with E-state index in [1.165, 1.54) is 0 Å². The summed E-state index contributed by atoms with van der Waals surface area (Å²) in [5, 5.41) is 6.28. The molecular weight excluding hydrogens is 408 g/mol. The second kappa shape index (κ2) is 12.5. The predicted molar refractivity (Wildman–Crippen MR) is 115 cm³/mol. The first-order chi connectivity index (χ1) is 15.0. The molecule has 2 aromatic rings. The molecule has 0 aromatic heterocycles. The van der Waals surface area contributed by atoms with Crippen molar-refractivity contribution in [2.75, 3.05) is 27.4 Å². The molecule has 2 aromatic carbocycles. The number of hydrogen-bond acceptors (Lipinski definition) is 5. The highest BCUT2D eigenvalue weighted by molar-refractivity contribution is 5.79. The third kappa shape index (κ3) is 7.20. The molecule has 9 heteroatoms. The fourth-order valence-electron chi connectivity index (χ4n) is 2.87.